The number of fused-ring (bicyclic) bond motifs is 4. The lowest BCUT2D eigenvalue weighted by molar-refractivity contribution is 0.423. The quantitative estimate of drug-likeness (QED) is 0.482. The van der Waals surface area contributed by atoms with Crippen molar-refractivity contribution in [1.82, 2.24) is 0 Å². The first-order valence-corrected chi connectivity index (χ1v) is 9.10. The Hall–Kier alpha value is -2.34. The van der Waals surface area contributed by atoms with Crippen molar-refractivity contribution in [3.63, 3.8) is 0 Å². The zero-order chi connectivity index (χ0) is 16.1. The third kappa shape index (κ3) is 1.86. The summed E-state index contributed by atoms with van der Waals surface area (Å²) in [5.41, 5.74) is 7.83. The van der Waals surface area contributed by atoms with Crippen molar-refractivity contribution < 1.29 is 0 Å². The molecule has 0 N–H and O–H groups in total. The number of benzene rings is 3. The highest BCUT2D eigenvalue weighted by molar-refractivity contribution is 5.94. The third-order valence-electron chi connectivity index (χ3n) is 6.15. The molecule has 0 heteroatoms. The molecule has 3 aromatic rings. The first-order valence-electron chi connectivity index (χ1n) is 9.10. The SMILES string of the molecule is CC12CCCCC1=C(c1ccc3ccccc3c1)c1ccccc12. The molecule has 0 amide bonds. The predicted molar refractivity (Wildman–Crippen MR) is 102 cm³/mol. The second-order valence-corrected chi connectivity index (χ2v) is 7.50. The van der Waals surface area contributed by atoms with E-state index in [0.717, 1.165) is 0 Å². The molecule has 118 valence electrons. The Balaban J connectivity index is 1.79. The van der Waals surface area contributed by atoms with Crippen LogP contribution in [-0.4, -0.2) is 0 Å². The average molecular weight is 310 g/mol. The third-order valence-corrected chi connectivity index (χ3v) is 6.15. The second kappa shape index (κ2) is 5.08. The summed E-state index contributed by atoms with van der Waals surface area (Å²) in [6.07, 6.45) is 5.21. The lowest BCUT2D eigenvalue weighted by atomic mass is 9.70. The summed E-state index contributed by atoms with van der Waals surface area (Å²) in [5.74, 6) is 0. The molecular weight excluding hydrogens is 288 g/mol. The van der Waals surface area contributed by atoms with E-state index >= 15 is 0 Å². The van der Waals surface area contributed by atoms with Crippen molar-refractivity contribution in [1.29, 1.82) is 0 Å². The van der Waals surface area contributed by atoms with Gasteiger partial charge in [-0.2, -0.15) is 0 Å². The molecule has 0 bridgehead atoms. The van der Waals surface area contributed by atoms with Crippen molar-refractivity contribution >= 4 is 16.3 Å². The van der Waals surface area contributed by atoms with Gasteiger partial charge in [-0.1, -0.05) is 79.6 Å². The van der Waals surface area contributed by atoms with Crippen LogP contribution in [-0.2, 0) is 5.41 Å². The van der Waals surface area contributed by atoms with Gasteiger partial charge in [0, 0.05) is 5.41 Å². The molecule has 2 aliphatic rings. The Morgan fingerprint density at radius 3 is 2.50 bits per heavy atom. The van der Waals surface area contributed by atoms with Crippen molar-refractivity contribution in [3.05, 3.63) is 89.0 Å². The van der Waals surface area contributed by atoms with Crippen LogP contribution < -0.4 is 0 Å². The maximum atomic E-state index is 2.47. The highest BCUT2D eigenvalue weighted by atomic mass is 14.5. The smallest absolute Gasteiger partial charge is 0.0149 e. The largest absolute Gasteiger partial charge is 0.0619 e. The average Bonchev–Trinajstić information content (AvgIpc) is 2.90. The highest BCUT2D eigenvalue weighted by Gasteiger charge is 2.42. The minimum atomic E-state index is 0.246. The summed E-state index contributed by atoms with van der Waals surface area (Å²) in [7, 11) is 0. The Morgan fingerprint density at radius 1 is 0.792 bits per heavy atom. The van der Waals surface area contributed by atoms with Crippen LogP contribution in [0, 0.1) is 0 Å². The number of rotatable bonds is 1. The molecule has 2 aliphatic carbocycles. The first kappa shape index (κ1) is 14.0. The normalized spacial score (nSPS) is 22.5. The van der Waals surface area contributed by atoms with E-state index in [2.05, 4.69) is 73.7 Å². The maximum absolute atomic E-state index is 2.47. The fraction of sp³-hybridized carbons (Fsp3) is 0.250. The van der Waals surface area contributed by atoms with Gasteiger partial charge in [0.05, 0.1) is 0 Å². The lowest BCUT2D eigenvalue weighted by Gasteiger charge is -2.34. The fourth-order valence-electron chi connectivity index (χ4n) is 4.92. The van der Waals surface area contributed by atoms with Crippen LogP contribution in [0.5, 0.6) is 0 Å². The molecule has 1 fully saturated rings. The van der Waals surface area contributed by atoms with E-state index in [0.29, 0.717) is 0 Å². The number of hydrogen-bond acceptors (Lipinski definition) is 0. The van der Waals surface area contributed by atoms with Crippen LogP contribution in [0.15, 0.2) is 72.3 Å². The molecule has 0 nitrogen and oxygen atoms in total. The minimum Gasteiger partial charge on any atom is -0.0619 e. The van der Waals surface area contributed by atoms with Crippen molar-refractivity contribution in [2.45, 2.75) is 38.0 Å². The Bertz CT molecular complexity index is 976. The summed E-state index contributed by atoms with van der Waals surface area (Å²) in [4.78, 5) is 0. The molecule has 0 spiro atoms. The molecule has 0 radical (unpaired) electrons. The number of allylic oxidation sites excluding steroid dienone is 1. The van der Waals surface area contributed by atoms with E-state index in [1.165, 1.54) is 53.2 Å². The van der Waals surface area contributed by atoms with Gasteiger partial charge in [0.2, 0.25) is 0 Å². The zero-order valence-corrected chi connectivity index (χ0v) is 14.2. The molecular formula is C24H22. The van der Waals surface area contributed by atoms with Gasteiger partial charge in [0.15, 0.2) is 0 Å². The van der Waals surface area contributed by atoms with Crippen LogP contribution >= 0.6 is 0 Å². The van der Waals surface area contributed by atoms with Crippen LogP contribution in [0.4, 0.5) is 0 Å². The molecule has 0 heterocycles. The van der Waals surface area contributed by atoms with Gasteiger partial charge in [0.25, 0.3) is 0 Å². The maximum Gasteiger partial charge on any atom is 0.0149 e. The summed E-state index contributed by atoms with van der Waals surface area (Å²) in [6, 6.07) is 24.8. The van der Waals surface area contributed by atoms with Crippen molar-refractivity contribution in [2.24, 2.45) is 0 Å². The first-order chi connectivity index (χ1) is 11.8. The standard InChI is InChI=1S/C24H22/c1-24-15-7-6-12-22(24)23(20-10-4-5-11-21(20)24)19-14-13-17-8-2-3-9-18(17)16-19/h2-5,8-11,13-14,16H,6-7,12,15H2,1H3. The van der Waals surface area contributed by atoms with E-state index in [9.17, 15) is 0 Å². The van der Waals surface area contributed by atoms with Gasteiger partial charge in [0.1, 0.15) is 0 Å². The second-order valence-electron chi connectivity index (χ2n) is 7.50. The van der Waals surface area contributed by atoms with Gasteiger partial charge in [-0.25, -0.2) is 0 Å². The Labute approximate surface area is 143 Å². The fourth-order valence-corrected chi connectivity index (χ4v) is 4.92. The molecule has 24 heavy (non-hydrogen) atoms. The molecule has 1 saturated carbocycles. The van der Waals surface area contributed by atoms with Gasteiger partial charge < -0.3 is 0 Å². The lowest BCUT2D eigenvalue weighted by Crippen LogP contribution is -2.25. The van der Waals surface area contributed by atoms with Crippen molar-refractivity contribution in [2.75, 3.05) is 0 Å². The topological polar surface area (TPSA) is 0 Å². The van der Waals surface area contributed by atoms with E-state index in [1.807, 2.05) is 0 Å². The predicted octanol–water partition coefficient (Wildman–Crippen LogP) is 6.49. The van der Waals surface area contributed by atoms with Gasteiger partial charge in [-0.15, -0.1) is 0 Å². The summed E-state index contributed by atoms with van der Waals surface area (Å²) in [5, 5.41) is 2.66. The molecule has 1 unspecified atom stereocenters. The van der Waals surface area contributed by atoms with Gasteiger partial charge in [-0.3, -0.25) is 0 Å². The van der Waals surface area contributed by atoms with Gasteiger partial charge >= 0.3 is 0 Å². The molecule has 1 atom stereocenters. The van der Waals surface area contributed by atoms with E-state index in [1.54, 1.807) is 11.1 Å². The zero-order valence-electron chi connectivity index (χ0n) is 14.2. The minimum absolute atomic E-state index is 0.246. The van der Waals surface area contributed by atoms with Crippen LogP contribution in [0.2, 0.25) is 0 Å². The summed E-state index contributed by atoms with van der Waals surface area (Å²) >= 11 is 0. The van der Waals surface area contributed by atoms with E-state index < -0.39 is 0 Å². The van der Waals surface area contributed by atoms with Crippen LogP contribution in [0.25, 0.3) is 16.3 Å². The molecule has 0 saturated heterocycles. The monoisotopic (exact) mass is 310 g/mol. The molecule has 5 rings (SSSR count). The van der Waals surface area contributed by atoms with Crippen molar-refractivity contribution in [3.8, 4) is 0 Å². The highest BCUT2D eigenvalue weighted by Crippen LogP contribution is 2.55. The van der Waals surface area contributed by atoms with E-state index in [-0.39, 0.29) is 5.41 Å². The van der Waals surface area contributed by atoms with Gasteiger partial charge in [-0.05, 0) is 58.4 Å². The molecule has 0 aliphatic heterocycles. The van der Waals surface area contributed by atoms with Crippen LogP contribution in [0.1, 0.15) is 49.3 Å². The number of hydrogen-bond donors (Lipinski definition) is 0. The van der Waals surface area contributed by atoms with E-state index in [4.69, 9.17) is 0 Å². The Kier molecular flexibility index (Phi) is 2.97. The molecule has 3 aromatic carbocycles. The summed E-state index contributed by atoms with van der Waals surface area (Å²) < 4.78 is 0. The Morgan fingerprint density at radius 2 is 1.58 bits per heavy atom. The van der Waals surface area contributed by atoms with Crippen LogP contribution in [0.3, 0.4) is 0 Å². The summed E-state index contributed by atoms with van der Waals surface area (Å²) in [6.45, 7) is 2.47. The molecule has 0 aromatic heterocycles.